The van der Waals surface area contributed by atoms with Crippen molar-refractivity contribution in [2.75, 3.05) is 0 Å². The molecule has 6 heteroatoms. The van der Waals surface area contributed by atoms with Gasteiger partial charge in [-0.2, -0.15) is 0 Å². The Morgan fingerprint density at radius 1 is 1.08 bits per heavy atom. The first-order chi connectivity index (χ1) is 12.5. The topological polar surface area (TPSA) is 17.8 Å². The SMILES string of the molecule is Fc1cc2nc(-c3ccc(Cl)cc3Br)n(CC3CCCCC3)c2cc1F. The van der Waals surface area contributed by atoms with Crippen molar-refractivity contribution in [3.8, 4) is 11.4 Å². The molecule has 2 aromatic carbocycles. The lowest BCUT2D eigenvalue weighted by atomic mass is 9.89. The third-order valence-corrected chi connectivity index (χ3v) is 6.02. The lowest BCUT2D eigenvalue weighted by Gasteiger charge is -2.23. The van der Waals surface area contributed by atoms with Crippen LogP contribution in [0.15, 0.2) is 34.8 Å². The summed E-state index contributed by atoms with van der Waals surface area (Å²) in [5.41, 5.74) is 1.96. The number of fused-ring (bicyclic) bond motifs is 1. The van der Waals surface area contributed by atoms with Crippen molar-refractivity contribution in [3.63, 3.8) is 0 Å². The molecular weight excluding hydrogens is 422 g/mol. The number of benzene rings is 2. The highest BCUT2D eigenvalue weighted by molar-refractivity contribution is 9.10. The fourth-order valence-electron chi connectivity index (χ4n) is 3.81. The standard InChI is InChI=1S/C20H18BrClF2N2/c21-15-8-13(22)6-7-14(15)20-25-18-9-16(23)17(24)10-19(18)26(20)11-12-4-2-1-3-5-12/h6-10,12H,1-5,11H2. The van der Waals surface area contributed by atoms with Gasteiger partial charge < -0.3 is 4.57 Å². The number of halogens is 4. The Hall–Kier alpha value is -1.46. The molecule has 2 nitrogen and oxygen atoms in total. The van der Waals surface area contributed by atoms with Crippen LogP contribution in [-0.4, -0.2) is 9.55 Å². The minimum Gasteiger partial charge on any atom is -0.324 e. The summed E-state index contributed by atoms with van der Waals surface area (Å²) in [7, 11) is 0. The predicted octanol–water partition coefficient (Wildman–Crippen LogP) is 6.98. The fraction of sp³-hybridized carbons (Fsp3) is 0.350. The lowest BCUT2D eigenvalue weighted by Crippen LogP contribution is -2.15. The Morgan fingerprint density at radius 3 is 2.54 bits per heavy atom. The normalized spacial score (nSPS) is 15.7. The third kappa shape index (κ3) is 3.39. The highest BCUT2D eigenvalue weighted by atomic mass is 79.9. The molecule has 0 unspecified atom stereocenters. The van der Waals surface area contributed by atoms with Crippen molar-refractivity contribution >= 4 is 38.6 Å². The van der Waals surface area contributed by atoms with Crippen molar-refractivity contribution in [2.24, 2.45) is 5.92 Å². The molecule has 0 radical (unpaired) electrons. The number of imidazole rings is 1. The number of rotatable bonds is 3. The van der Waals surface area contributed by atoms with E-state index in [9.17, 15) is 8.78 Å². The molecule has 1 fully saturated rings. The molecule has 0 N–H and O–H groups in total. The van der Waals surface area contributed by atoms with Crippen LogP contribution in [0.3, 0.4) is 0 Å². The van der Waals surface area contributed by atoms with E-state index in [1.54, 1.807) is 6.07 Å². The van der Waals surface area contributed by atoms with E-state index < -0.39 is 11.6 Å². The summed E-state index contributed by atoms with van der Waals surface area (Å²) in [6, 6.07) is 7.93. The first kappa shape index (κ1) is 17.9. The summed E-state index contributed by atoms with van der Waals surface area (Å²) in [5, 5.41) is 0.618. The second-order valence-corrected chi connectivity index (χ2v) is 8.22. The summed E-state index contributed by atoms with van der Waals surface area (Å²) in [6.45, 7) is 0.756. The summed E-state index contributed by atoms with van der Waals surface area (Å²) >= 11 is 9.61. The van der Waals surface area contributed by atoms with Crippen LogP contribution in [0.1, 0.15) is 32.1 Å². The first-order valence-corrected chi connectivity index (χ1v) is 10.0. The van der Waals surface area contributed by atoms with Gasteiger partial charge in [0.25, 0.3) is 0 Å². The van der Waals surface area contributed by atoms with Gasteiger partial charge in [-0.1, -0.05) is 30.9 Å². The Bertz CT molecular complexity index is 964. The van der Waals surface area contributed by atoms with Crippen molar-refractivity contribution in [2.45, 2.75) is 38.6 Å². The zero-order valence-electron chi connectivity index (χ0n) is 14.1. The fourth-order valence-corrected chi connectivity index (χ4v) is 4.67. The predicted molar refractivity (Wildman–Crippen MR) is 104 cm³/mol. The Kier molecular flexibility index (Phi) is 5.02. The van der Waals surface area contributed by atoms with Gasteiger partial charge >= 0.3 is 0 Å². The van der Waals surface area contributed by atoms with Gasteiger partial charge in [0.05, 0.1) is 11.0 Å². The van der Waals surface area contributed by atoms with Gasteiger partial charge in [0.1, 0.15) is 5.82 Å². The molecule has 3 aromatic rings. The summed E-state index contributed by atoms with van der Waals surface area (Å²) in [6.07, 6.45) is 6.03. The molecule has 1 aliphatic carbocycles. The first-order valence-electron chi connectivity index (χ1n) is 8.83. The zero-order valence-corrected chi connectivity index (χ0v) is 16.5. The lowest BCUT2D eigenvalue weighted by molar-refractivity contribution is 0.323. The number of nitrogens with zero attached hydrogens (tertiary/aromatic N) is 2. The molecule has 1 aromatic heterocycles. The second-order valence-electron chi connectivity index (χ2n) is 6.93. The van der Waals surface area contributed by atoms with Crippen LogP contribution < -0.4 is 0 Å². The molecule has 0 atom stereocenters. The molecule has 26 heavy (non-hydrogen) atoms. The third-order valence-electron chi connectivity index (χ3n) is 5.13. The summed E-state index contributed by atoms with van der Waals surface area (Å²) in [5.74, 6) is -0.483. The molecule has 1 saturated carbocycles. The van der Waals surface area contributed by atoms with Crippen LogP contribution in [0, 0.1) is 17.6 Å². The molecule has 0 saturated heterocycles. The van der Waals surface area contributed by atoms with Gasteiger partial charge in [0, 0.05) is 33.7 Å². The van der Waals surface area contributed by atoms with E-state index >= 15 is 0 Å². The zero-order chi connectivity index (χ0) is 18.3. The molecule has 0 spiro atoms. The summed E-state index contributed by atoms with van der Waals surface area (Å²) < 4.78 is 30.5. The van der Waals surface area contributed by atoms with E-state index in [1.165, 1.54) is 31.4 Å². The van der Waals surface area contributed by atoms with Gasteiger partial charge in [0.15, 0.2) is 11.6 Å². The summed E-state index contributed by atoms with van der Waals surface area (Å²) in [4.78, 5) is 4.62. The average Bonchev–Trinajstić information content (AvgIpc) is 2.94. The van der Waals surface area contributed by atoms with Crippen LogP contribution in [0.5, 0.6) is 0 Å². The highest BCUT2D eigenvalue weighted by Gasteiger charge is 2.21. The monoisotopic (exact) mass is 438 g/mol. The number of hydrogen-bond acceptors (Lipinski definition) is 1. The Labute approximate surface area is 164 Å². The molecule has 1 heterocycles. The van der Waals surface area contributed by atoms with Crippen LogP contribution >= 0.6 is 27.5 Å². The maximum Gasteiger partial charge on any atom is 0.161 e. The Balaban J connectivity index is 1.88. The molecule has 0 bridgehead atoms. The van der Waals surface area contributed by atoms with Gasteiger partial charge in [0.2, 0.25) is 0 Å². The van der Waals surface area contributed by atoms with Crippen LogP contribution in [0.4, 0.5) is 8.78 Å². The van der Waals surface area contributed by atoms with E-state index in [2.05, 4.69) is 20.9 Å². The van der Waals surface area contributed by atoms with Gasteiger partial charge in [-0.05, 0) is 52.9 Å². The average molecular weight is 440 g/mol. The largest absolute Gasteiger partial charge is 0.324 e. The van der Waals surface area contributed by atoms with Gasteiger partial charge in [-0.15, -0.1) is 0 Å². The Morgan fingerprint density at radius 2 is 1.81 bits per heavy atom. The van der Waals surface area contributed by atoms with Crippen molar-refractivity contribution in [1.82, 2.24) is 9.55 Å². The van der Waals surface area contributed by atoms with E-state index in [0.717, 1.165) is 29.4 Å². The molecule has 4 rings (SSSR count). The van der Waals surface area contributed by atoms with E-state index in [-0.39, 0.29) is 0 Å². The van der Waals surface area contributed by atoms with Crippen LogP contribution in [0.2, 0.25) is 5.02 Å². The smallest absolute Gasteiger partial charge is 0.161 e. The number of aromatic nitrogens is 2. The van der Waals surface area contributed by atoms with Crippen molar-refractivity contribution in [1.29, 1.82) is 0 Å². The second kappa shape index (κ2) is 7.28. The molecule has 136 valence electrons. The van der Waals surface area contributed by atoms with Gasteiger partial charge in [-0.25, -0.2) is 13.8 Å². The van der Waals surface area contributed by atoms with Crippen molar-refractivity contribution < 1.29 is 8.78 Å². The highest BCUT2D eigenvalue weighted by Crippen LogP contribution is 2.35. The van der Waals surface area contributed by atoms with Crippen molar-refractivity contribution in [3.05, 3.63) is 51.5 Å². The van der Waals surface area contributed by atoms with Crippen LogP contribution in [0.25, 0.3) is 22.4 Å². The minimum atomic E-state index is -0.874. The van der Waals surface area contributed by atoms with Gasteiger partial charge in [-0.3, -0.25) is 0 Å². The van der Waals surface area contributed by atoms with E-state index in [0.29, 0.717) is 27.8 Å². The molecule has 0 amide bonds. The number of hydrogen-bond donors (Lipinski definition) is 0. The maximum absolute atomic E-state index is 13.9. The molecule has 1 aliphatic rings. The minimum absolute atomic E-state index is 0.469. The maximum atomic E-state index is 13.9. The van der Waals surface area contributed by atoms with Crippen LogP contribution in [-0.2, 0) is 6.54 Å². The molecular formula is C20H18BrClF2N2. The van der Waals surface area contributed by atoms with E-state index in [1.807, 2.05) is 16.7 Å². The quantitative estimate of drug-likeness (QED) is 0.430. The molecule has 0 aliphatic heterocycles. The van der Waals surface area contributed by atoms with E-state index in [4.69, 9.17) is 11.6 Å².